The molecular formula is C17H16F4N4O. The maximum absolute atomic E-state index is 14.0. The summed E-state index contributed by atoms with van der Waals surface area (Å²) in [6.45, 7) is 5.95. The van der Waals surface area contributed by atoms with Crippen LogP contribution in [0, 0.1) is 5.82 Å². The predicted octanol–water partition coefficient (Wildman–Crippen LogP) is 3.63. The predicted molar refractivity (Wildman–Crippen MR) is 85.3 cm³/mol. The fourth-order valence-electron chi connectivity index (χ4n) is 2.78. The number of hydrogen-bond acceptors (Lipinski definition) is 3. The Kier molecular flexibility index (Phi) is 4.55. The maximum Gasteiger partial charge on any atom is 0.433 e. The molecule has 2 aromatic rings. The standard InChI is InChI=1S/C17H16F4N4O/c1-3-9(2)16(26)23-12-4-5-25-14(12)7-13(24-25)10-6-15(17(19,20)21)22-8-11(10)18/h6-8,12H,2-5H2,1H3,(H,23,26). The first-order chi connectivity index (χ1) is 12.2. The van der Waals surface area contributed by atoms with Gasteiger partial charge in [0, 0.05) is 17.7 Å². The summed E-state index contributed by atoms with van der Waals surface area (Å²) < 4.78 is 54.0. The lowest BCUT2D eigenvalue weighted by atomic mass is 10.1. The monoisotopic (exact) mass is 368 g/mol. The van der Waals surface area contributed by atoms with Crippen molar-refractivity contribution in [3.63, 3.8) is 0 Å². The van der Waals surface area contributed by atoms with Crippen molar-refractivity contribution in [2.75, 3.05) is 0 Å². The van der Waals surface area contributed by atoms with Crippen molar-refractivity contribution in [1.29, 1.82) is 0 Å². The van der Waals surface area contributed by atoms with Crippen LogP contribution in [-0.2, 0) is 17.5 Å². The van der Waals surface area contributed by atoms with E-state index in [9.17, 15) is 22.4 Å². The van der Waals surface area contributed by atoms with Crippen molar-refractivity contribution in [1.82, 2.24) is 20.1 Å². The summed E-state index contributed by atoms with van der Waals surface area (Å²) in [5, 5.41) is 6.99. The zero-order valence-electron chi connectivity index (χ0n) is 13.9. The van der Waals surface area contributed by atoms with Gasteiger partial charge in [-0.1, -0.05) is 13.5 Å². The average Bonchev–Trinajstić information content (AvgIpc) is 3.15. The summed E-state index contributed by atoms with van der Waals surface area (Å²) in [4.78, 5) is 15.1. The summed E-state index contributed by atoms with van der Waals surface area (Å²) in [6.07, 6.45) is -3.04. The molecule has 5 nitrogen and oxygen atoms in total. The molecular weight excluding hydrogens is 352 g/mol. The number of carbonyl (C=O) groups is 1. The fourth-order valence-corrected chi connectivity index (χ4v) is 2.78. The zero-order chi connectivity index (χ0) is 19.1. The fraction of sp³-hybridized carbons (Fsp3) is 0.353. The summed E-state index contributed by atoms with van der Waals surface area (Å²) in [5.41, 5.74) is -0.359. The molecule has 1 amide bonds. The first-order valence-electron chi connectivity index (χ1n) is 8.00. The highest BCUT2D eigenvalue weighted by Crippen LogP contribution is 2.34. The highest BCUT2D eigenvalue weighted by Gasteiger charge is 2.34. The lowest BCUT2D eigenvalue weighted by Crippen LogP contribution is -2.28. The smallest absolute Gasteiger partial charge is 0.344 e. The molecule has 1 aliphatic rings. The number of hydrogen-bond donors (Lipinski definition) is 1. The molecule has 0 bridgehead atoms. The Labute approximate surface area is 146 Å². The largest absolute Gasteiger partial charge is 0.433 e. The number of rotatable bonds is 4. The van der Waals surface area contributed by atoms with E-state index in [0.29, 0.717) is 42.9 Å². The molecule has 3 rings (SSSR count). The highest BCUT2D eigenvalue weighted by atomic mass is 19.4. The van der Waals surface area contributed by atoms with Crippen LogP contribution in [0.5, 0.6) is 0 Å². The third kappa shape index (κ3) is 3.33. The number of fused-ring (bicyclic) bond motifs is 1. The summed E-state index contributed by atoms with van der Waals surface area (Å²) in [6, 6.07) is 1.78. The number of aromatic nitrogens is 3. The number of aryl methyl sites for hydroxylation is 1. The SMILES string of the molecule is C=C(CC)C(=O)NC1CCn2nc(-c3cc(C(F)(F)F)ncc3F)cc21. The second-order valence-electron chi connectivity index (χ2n) is 6.00. The van der Waals surface area contributed by atoms with Crippen LogP contribution in [-0.4, -0.2) is 20.7 Å². The number of nitrogens with one attached hydrogen (secondary N) is 1. The number of halogens is 4. The molecule has 26 heavy (non-hydrogen) atoms. The maximum atomic E-state index is 14.0. The molecule has 9 heteroatoms. The van der Waals surface area contributed by atoms with E-state index in [4.69, 9.17) is 0 Å². The topological polar surface area (TPSA) is 59.8 Å². The van der Waals surface area contributed by atoms with Crippen molar-refractivity contribution in [2.45, 2.75) is 38.5 Å². The minimum atomic E-state index is -4.68. The minimum Gasteiger partial charge on any atom is -0.344 e. The third-order valence-corrected chi connectivity index (χ3v) is 4.27. The molecule has 3 heterocycles. The van der Waals surface area contributed by atoms with Gasteiger partial charge in [0.25, 0.3) is 0 Å². The van der Waals surface area contributed by atoms with E-state index in [-0.39, 0.29) is 23.2 Å². The average molecular weight is 368 g/mol. The van der Waals surface area contributed by atoms with Crippen molar-refractivity contribution in [3.05, 3.63) is 47.7 Å². The van der Waals surface area contributed by atoms with Crippen LogP contribution in [0.15, 0.2) is 30.5 Å². The second kappa shape index (κ2) is 6.54. The molecule has 0 spiro atoms. The van der Waals surface area contributed by atoms with Crippen LogP contribution in [0.1, 0.15) is 37.2 Å². The van der Waals surface area contributed by atoms with Gasteiger partial charge in [-0.15, -0.1) is 0 Å². The van der Waals surface area contributed by atoms with Gasteiger partial charge in [0.05, 0.1) is 23.6 Å². The van der Waals surface area contributed by atoms with Gasteiger partial charge in [-0.3, -0.25) is 9.48 Å². The molecule has 0 fully saturated rings. The van der Waals surface area contributed by atoms with Gasteiger partial charge >= 0.3 is 6.18 Å². The van der Waals surface area contributed by atoms with Gasteiger partial charge in [0.1, 0.15) is 5.69 Å². The van der Waals surface area contributed by atoms with E-state index in [1.165, 1.54) is 6.07 Å². The van der Waals surface area contributed by atoms with E-state index in [1.807, 2.05) is 6.92 Å². The van der Waals surface area contributed by atoms with Crippen LogP contribution >= 0.6 is 0 Å². The number of pyridine rings is 1. The minimum absolute atomic E-state index is 0.0682. The van der Waals surface area contributed by atoms with Gasteiger partial charge in [-0.05, 0) is 25.0 Å². The molecule has 1 unspecified atom stereocenters. The number of nitrogens with zero attached hydrogens (tertiary/aromatic N) is 3. The Morgan fingerprint density at radius 2 is 2.15 bits per heavy atom. The van der Waals surface area contributed by atoms with Gasteiger partial charge < -0.3 is 5.32 Å². The van der Waals surface area contributed by atoms with Crippen LogP contribution in [0.3, 0.4) is 0 Å². The van der Waals surface area contributed by atoms with E-state index in [2.05, 4.69) is 22.0 Å². The van der Waals surface area contributed by atoms with Crippen LogP contribution in [0.25, 0.3) is 11.3 Å². The Bertz CT molecular complexity index is 872. The van der Waals surface area contributed by atoms with Crippen LogP contribution in [0.4, 0.5) is 17.6 Å². The quantitative estimate of drug-likeness (QED) is 0.662. The Balaban J connectivity index is 1.91. The number of amides is 1. The van der Waals surface area contributed by atoms with E-state index in [1.54, 1.807) is 4.68 Å². The highest BCUT2D eigenvalue weighted by molar-refractivity contribution is 5.92. The molecule has 2 aromatic heterocycles. The van der Waals surface area contributed by atoms with E-state index < -0.39 is 17.7 Å². The van der Waals surface area contributed by atoms with Crippen molar-refractivity contribution >= 4 is 5.91 Å². The van der Waals surface area contributed by atoms with Crippen LogP contribution in [0.2, 0.25) is 0 Å². The Morgan fingerprint density at radius 1 is 1.42 bits per heavy atom. The molecule has 1 N–H and O–H groups in total. The molecule has 1 atom stereocenters. The molecule has 0 aliphatic carbocycles. The Morgan fingerprint density at radius 3 is 2.81 bits per heavy atom. The van der Waals surface area contributed by atoms with Crippen molar-refractivity contribution in [3.8, 4) is 11.3 Å². The van der Waals surface area contributed by atoms with Gasteiger partial charge in [0.2, 0.25) is 5.91 Å². The molecule has 0 radical (unpaired) electrons. The summed E-state index contributed by atoms with van der Waals surface area (Å²) >= 11 is 0. The van der Waals surface area contributed by atoms with E-state index >= 15 is 0 Å². The van der Waals surface area contributed by atoms with Crippen LogP contribution < -0.4 is 5.32 Å². The molecule has 138 valence electrons. The zero-order valence-corrected chi connectivity index (χ0v) is 13.9. The molecule has 0 saturated carbocycles. The number of carbonyl (C=O) groups excluding carboxylic acids is 1. The number of alkyl halides is 3. The van der Waals surface area contributed by atoms with Crippen molar-refractivity contribution < 1.29 is 22.4 Å². The molecule has 1 aliphatic heterocycles. The summed E-state index contributed by atoms with van der Waals surface area (Å²) in [7, 11) is 0. The van der Waals surface area contributed by atoms with Gasteiger partial charge in [0.15, 0.2) is 5.82 Å². The molecule has 0 saturated heterocycles. The molecule has 0 aromatic carbocycles. The van der Waals surface area contributed by atoms with Gasteiger partial charge in [-0.2, -0.15) is 18.3 Å². The Hall–Kier alpha value is -2.71. The third-order valence-electron chi connectivity index (χ3n) is 4.27. The van der Waals surface area contributed by atoms with Gasteiger partial charge in [-0.25, -0.2) is 9.37 Å². The first-order valence-corrected chi connectivity index (χ1v) is 8.00. The lowest BCUT2D eigenvalue weighted by Gasteiger charge is -2.12. The van der Waals surface area contributed by atoms with E-state index in [0.717, 1.165) is 0 Å². The van der Waals surface area contributed by atoms with Crippen molar-refractivity contribution in [2.24, 2.45) is 0 Å². The summed E-state index contributed by atoms with van der Waals surface area (Å²) in [5.74, 6) is -1.18. The first kappa shape index (κ1) is 18.1. The second-order valence-corrected chi connectivity index (χ2v) is 6.00. The lowest BCUT2D eigenvalue weighted by molar-refractivity contribution is -0.141. The normalized spacial score (nSPS) is 16.4.